The Bertz CT molecular complexity index is 948. The van der Waals surface area contributed by atoms with E-state index in [0.717, 1.165) is 24.3 Å². The van der Waals surface area contributed by atoms with Crippen LogP contribution in [0.5, 0.6) is 5.75 Å². The van der Waals surface area contributed by atoms with E-state index < -0.39 is 41.5 Å². The molecule has 0 saturated carbocycles. The summed E-state index contributed by atoms with van der Waals surface area (Å²) in [6.07, 6.45) is -13.3. The Morgan fingerprint density at radius 1 is 1.03 bits per heavy atom. The molecule has 0 aliphatic carbocycles. The number of alkyl halides is 7. The van der Waals surface area contributed by atoms with Gasteiger partial charge in [0.1, 0.15) is 5.75 Å². The fourth-order valence-electron chi connectivity index (χ4n) is 2.68. The summed E-state index contributed by atoms with van der Waals surface area (Å²) in [5.74, 6) is -0.813. The highest BCUT2D eigenvalue weighted by atomic mass is 19.4. The van der Waals surface area contributed by atoms with E-state index in [1.165, 1.54) is 12.1 Å². The fraction of sp³-hybridized carbons (Fsp3) is 0.278. The molecule has 0 radical (unpaired) electrons. The Kier molecular flexibility index (Phi) is 5.54. The van der Waals surface area contributed by atoms with Crippen molar-refractivity contribution in [3.8, 4) is 5.75 Å². The molecule has 3 rings (SSSR count). The van der Waals surface area contributed by atoms with Crippen molar-refractivity contribution in [2.45, 2.75) is 25.0 Å². The zero-order valence-corrected chi connectivity index (χ0v) is 14.8. The van der Waals surface area contributed by atoms with Crippen LogP contribution in [0.15, 0.2) is 42.5 Å². The number of anilines is 1. The Hall–Kier alpha value is -3.02. The van der Waals surface area contributed by atoms with Gasteiger partial charge < -0.3 is 15.4 Å². The molecular formula is C18H13F7N2O3. The highest BCUT2D eigenvalue weighted by Gasteiger charge is 2.54. The Labute approximate surface area is 164 Å². The minimum Gasteiger partial charge on any atom is -0.409 e. The molecule has 0 aromatic heterocycles. The molecule has 12 heteroatoms. The number of amides is 2. The number of hydrogen-bond acceptors (Lipinski definition) is 3. The van der Waals surface area contributed by atoms with Crippen LogP contribution in [0.4, 0.5) is 41.2 Å². The second-order valence-electron chi connectivity index (χ2n) is 6.22. The number of rotatable bonds is 4. The van der Waals surface area contributed by atoms with Crippen LogP contribution in [-0.2, 0) is 23.4 Å². The molecule has 0 fully saturated rings. The molecule has 2 N–H and O–H groups in total. The summed E-state index contributed by atoms with van der Waals surface area (Å²) in [5.41, 5.74) is -1.67. The minimum atomic E-state index is -4.51. The Morgan fingerprint density at radius 2 is 1.77 bits per heavy atom. The van der Waals surface area contributed by atoms with Gasteiger partial charge in [0.05, 0.1) is 11.1 Å². The third-order valence-electron chi connectivity index (χ3n) is 3.98. The molecule has 0 saturated heterocycles. The number of carbonyl (C=O) groups is 1. The summed E-state index contributed by atoms with van der Waals surface area (Å²) in [6, 6.07) is 6.29. The highest BCUT2D eigenvalue weighted by molar-refractivity contribution is 5.89. The van der Waals surface area contributed by atoms with E-state index in [9.17, 15) is 35.5 Å². The van der Waals surface area contributed by atoms with Gasteiger partial charge >= 0.3 is 24.6 Å². The van der Waals surface area contributed by atoms with Crippen molar-refractivity contribution in [2.24, 2.45) is 0 Å². The normalized spacial score (nSPS) is 16.9. The average molecular weight is 438 g/mol. The van der Waals surface area contributed by atoms with Gasteiger partial charge in [-0.25, -0.2) is 9.53 Å². The van der Waals surface area contributed by atoms with Gasteiger partial charge in [-0.1, -0.05) is 18.2 Å². The van der Waals surface area contributed by atoms with Gasteiger partial charge in [-0.05, 0) is 36.2 Å². The van der Waals surface area contributed by atoms with Gasteiger partial charge in [-0.15, -0.1) is 8.78 Å². The SMILES string of the molecule is O=C(NCCc1cccc(C(F)(F)F)c1)Nc1ccc2c(c1)C(F)(F)OC(F)(F)O2. The third-order valence-corrected chi connectivity index (χ3v) is 3.98. The van der Waals surface area contributed by atoms with E-state index >= 15 is 0 Å². The van der Waals surface area contributed by atoms with Crippen molar-refractivity contribution in [2.75, 3.05) is 11.9 Å². The van der Waals surface area contributed by atoms with Crippen molar-refractivity contribution in [3.63, 3.8) is 0 Å². The van der Waals surface area contributed by atoms with Crippen LogP contribution in [-0.4, -0.2) is 18.9 Å². The standard InChI is InChI=1S/C18H13F7N2O3/c19-16(20,21)11-3-1-2-10(8-11)6-7-26-15(28)27-12-4-5-14-13(9-12)17(22,23)30-18(24,25)29-14/h1-5,8-9H,6-7H2,(H2,26,27,28). The Balaban J connectivity index is 1.59. The van der Waals surface area contributed by atoms with Gasteiger partial charge in [0.15, 0.2) is 0 Å². The number of halogens is 7. The number of benzene rings is 2. The fourth-order valence-corrected chi connectivity index (χ4v) is 2.68. The van der Waals surface area contributed by atoms with Crippen LogP contribution in [0.2, 0.25) is 0 Å². The van der Waals surface area contributed by atoms with E-state index in [0.29, 0.717) is 11.6 Å². The van der Waals surface area contributed by atoms with Crippen molar-refractivity contribution in [1.29, 1.82) is 0 Å². The van der Waals surface area contributed by atoms with E-state index in [2.05, 4.69) is 20.1 Å². The van der Waals surface area contributed by atoms with Crippen LogP contribution >= 0.6 is 0 Å². The highest BCUT2D eigenvalue weighted by Crippen LogP contribution is 2.46. The number of hydrogen-bond donors (Lipinski definition) is 2. The van der Waals surface area contributed by atoms with Crippen LogP contribution in [0, 0.1) is 0 Å². The maximum atomic E-state index is 13.7. The molecule has 0 atom stereocenters. The van der Waals surface area contributed by atoms with Gasteiger partial charge in [-0.2, -0.15) is 22.0 Å². The van der Waals surface area contributed by atoms with Gasteiger partial charge in [0.2, 0.25) is 0 Å². The van der Waals surface area contributed by atoms with Crippen LogP contribution in [0.3, 0.4) is 0 Å². The maximum absolute atomic E-state index is 13.7. The topological polar surface area (TPSA) is 59.6 Å². The molecule has 1 heterocycles. The van der Waals surface area contributed by atoms with Gasteiger partial charge in [0.25, 0.3) is 0 Å². The molecule has 2 aromatic carbocycles. The second-order valence-corrected chi connectivity index (χ2v) is 6.22. The number of nitrogens with one attached hydrogen (secondary N) is 2. The first-order valence-corrected chi connectivity index (χ1v) is 8.36. The number of carbonyl (C=O) groups excluding carboxylic acids is 1. The van der Waals surface area contributed by atoms with Crippen LogP contribution in [0.25, 0.3) is 0 Å². The first-order valence-electron chi connectivity index (χ1n) is 8.36. The summed E-state index contributed by atoms with van der Waals surface area (Å²) >= 11 is 0. The monoisotopic (exact) mass is 438 g/mol. The maximum Gasteiger partial charge on any atom is 0.540 e. The molecule has 2 aromatic rings. The smallest absolute Gasteiger partial charge is 0.409 e. The molecule has 162 valence electrons. The number of fused-ring (bicyclic) bond motifs is 1. The lowest BCUT2D eigenvalue weighted by molar-refractivity contribution is -0.461. The summed E-state index contributed by atoms with van der Waals surface area (Å²) in [4.78, 5) is 11.9. The first kappa shape index (κ1) is 21.7. The van der Waals surface area contributed by atoms with E-state index in [1.54, 1.807) is 0 Å². The van der Waals surface area contributed by atoms with E-state index in [4.69, 9.17) is 0 Å². The zero-order chi connectivity index (χ0) is 22.2. The number of urea groups is 1. The molecule has 5 nitrogen and oxygen atoms in total. The Morgan fingerprint density at radius 3 is 2.47 bits per heavy atom. The van der Waals surface area contributed by atoms with Gasteiger partial charge in [-0.3, -0.25) is 0 Å². The molecule has 1 aliphatic heterocycles. The van der Waals surface area contributed by atoms with Crippen molar-refractivity contribution in [1.82, 2.24) is 5.32 Å². The summed E-state index contributed by atoms with van der Waals surface area (Å²) in [5, 5.41) is 4.56. The molecule has 0 unspecified atom stereocenters. The zero-order valence-electron chi connectivity index (χ0n) is 14.8. The van der Waals surface area contributed by atoms with Crippen molar-refractivity contribution >= 4 is 11.7 Å². The molecule has 2 amide bonds. The van der Waals surface area contributed by atoms with Crippen LogP contribution < -0.4 is 15.4 Å². The van der Waals surface area contributed by atoms with E-state index in [1.807, 2.05) is 0 Å². The molecule has 0 spiro atoms. The van der Waals surface area contributed by atoms with Crippen molar-refractivity contribution in [3.05, 3.63) is 59.2 Å². The van der Waals surface area contributed by atoms with Crippen LogP contribution in [0.1, 0.15) is 16.7 Å². The molecule has 0 bridgehead atoms. The van der Waals surface area contributed by atoms with E-state index in [-0.39, 0.29) is 18.7 Å². The second kappa shape index (κ2) is 7.67. The van der Waals surface area contributed by atoms with Crippen molar-refractivity contribution < 1.29 is 45.0 Å². The lowest BCUT2D eigenvalue weighted by Gasteiger charge is -2.30. The molecule has 30 heavy (non-hydrogen) atoms. The predicted octanol–water partition coefficient (Wildman–Crippen LogP) is 5.08. The average Bonchev–Trinajstić information content (AvgIpc) is 2.60. The van der Waals surface area contributed by atoms with Gasteiger partial charge in [0, 0.05) is 12.2 Å². The summed E-state index contributed by atoms with van der Waals surface area (Å²) in [7, 11) is 0. The minimum absolute atomic E-state index is 0.0489. The quantitative estimate of drug-likeness (QED) is 0.655. The third kappa shape index (κ3) is 5.12. The molecule has 1 aliphatic rings. The first-order chi connectivity index (χ1) is 13.9. The lowest BCUT2D eigenvalue weighted by atomic mass is 10.1. The summed E-state index contributed by atoms with van der Waals surface area (Å²) in [6.45, 7) is -0.0489. The largest absolute Gasteiger partial charge is 0.540 e. The lowest BCUT2D eigenvalue weighted by Crippen LogP contribution is -2.41. The number of ether oxygens (including phenoxy) is 2. The molecular weight excluding hydrogens is 425 g/mol. The predicted molar refractivity (Wildman–Crippen MR) is 89.2 cm³/mol. The summed E-state index contributed by atoms with van der Waals surface area (Å²) < 4.78 is 98.8.